The van der Waals surface area contributed by atoms with Gasteiger partial charge >= 0.3 is 5.97 Å². The van der Waals surface area contributed by atoms with Crippen molar-refractivity contribution < 1.29 is 14.3 Å². The van der Waals surface area contributed by atoms with Crippen molar-refractivity contribution in [3.05, 3.63) is 11.6 Å². The first-order valence-electron chi connectivity index (χ1n) is 4.78. The number of fused-ring (bicyclic) bond motifs is 1. The minimum Gasteiger partial charge on any atom is -0.456 e. The molecule has 0 saturated carbocycles. The van der Waals surface area contributed by atoms with Gasteiger partial charge in [-0.15, -0.1) is 0 Å². The van der Waals surface area contributed by atoms with Gasteiger partial charge in [-0.1, -0.05) is 0 Å². The zero-order valence-electron chi connectivity index (χ0n) is 7.79. The van der Waals surface area contributed by atoms with Crippen LogP contribution in [0.2, 0.25) is 0 Å². The van der Waals surface area contributed by atoms with E-state index in [0.29, 0.717) is 0 Å². The molecule has 0 aliphatic carbocycles. The van der Waals surface area contributed by atoms with Crippen molar-refractivity contribution in [2.45, 2.75) is 38.4 Å². The second-order valence-corrected chi connectivity index (χ2v) is 3.65. The van der Waals surface area contributed by atoms with Crippen molar-refractivity contribution in [3.63, 3.8) is 0 Å². The molecular formula is C10H14O3. The molecule has 0 bridgehead atoms. The Kier molecular flexibility index (Phi) is 2.36. The van der Waals surface area contributed by atoms with Gasteiger partial charge in [-0.3, -0.25) is 0 Å². The van der Waals surface area contributed by atoms with Gasteiger partial charge in [-0.2, -0.15) is 0 Å². The standard InChI is InChI=1S/C10H14O3/c1-7-6-9(11)13-8-4-2-3-5-12-10(7)8/h6,8,10H,2-5H2,1H3/t8-,10+/m0/s1. The fourth-order valence-electron chi connectivity index (χ4n) is 1.91. The molecule has 0 spiro atoms. The van der Waals surface area contributed by atoms with Crippen LogP contribution in [0.1, 0.15) is 26.2 Å². The van der Waals surface area contributed by atoms with Crippen LogP contribution in [-0.4, -0.2) is 24.8 Å². The molecule has 0 radical (unpaired) electrons. The van der Waals surface area contributed by atoms with E-state index in [9.17, 15) is 4.79 Å². The second-order valence-electron chi connectivity index (χ2n) is 3.65. The molecule has 2 atom stereocenters. The number of hydrogen-bond donors (Lipinski definition) is 0. The lowest BCUT2D eigenvalue weighted by Gasteiger charge is -2.28. The molecule has 0 aromatic carbocycles. The third kappa shape index (κ3) is 1.75. The topological polar surface area (TPSA) is 35.5 Å². The highest BCUT2D eigenvalue weighted by Crippen LogP contribution is 2.25. The SMILES string of the molecule is CC1=CC(=O)O[C@H]2CCCCO[C@H]12. The maximum absolute atomic E-state index is 11.1. The Balaban J connectivity index is 2.18. The van der Waals surface area contributed by atoms with Gasteiger partial charge in [0, 0.05) is 12.7 Å². The van der Waals surface area contributed by atoms with Crippen LogP contribution in [0.15, 0.2) is 11.6 Å². The summed E-state index contributed by atoms with van der Waals surface area (Å²) in [6.07, 6.45) is 4.59. The third-order valence-electron chi connectivity index (χ3n) is 2.58. The maximum Gasteiger partial charge on any atom is 0.331 e. The first kappa shape index (κ1) is 8.75. The summed E-state index contributed by atoms with van der Waals surface area (Å²) < 4.78 is 10.8. The maximum atomic E-state index is 11.1. The van der Waals surface area contributed by atoms with Gasteiger partial charge in [0.2, 0.25) is 0 Å². The number of ether oxygens (including phenoxy) is 2. The normalized spacial score (nSPS) is 34.2. The lowest BCUT2D eigenvalue weighted by atomic mass is 10.00. The van der Waals surface area contributed by atoms with E-state index in [-0.39, 0.29) is 18.2 Å². The van der Waals surface area contributed by atoms with E-state index in [0.717, 1.165) is 31.4 Å². The Bertz CT molecular complexity index is 245. The summed E-state index contributed by atoms with van der Waals surface area (Å²) in [6.45, 7) is 2.72. The van der Waals surface area contributed by atoms with Gasteiger partial charge in [-0.05, 0) is 31.8 Å². The quantitative estimate of drug-likeness (QED) is 0.531. The summed E-state index contributed by atoms with van der Waals surface area (Å²) in [5, 5.41) is 0. The molecule has 0 aromatic heterocycles. The van der Waals surface area contributed by atoms with Crippen molar-refractivity contribution >= 4 is 5.97 Å². The predicted molar refractivity (Wildman–Crippen MR) is 47.2 cm³/mol. The van der Waals surface area contributed by atoms with E-state index < -0.39 is 0 Å². The third-order valence-corrected chi connectivity index (χ3v) is 2.58. The fraction of sp³-hybridized carbons (Fsp3) is 0.700. The van der Waals surface area contributed by atoms with Crippen LogP contribution < -0.4 is 0 Å². The molecule has 2 heterocycles. The Morgan fingerprint density at radius 2 is 2.31 bits per heavy atom. The smallest absolute Gasteiger partial charge is 0.331 e. The molecular weight excluding hydrogens is 168 g/mol. The lowest BCUT2D eigenvalue weighted by molar-refractivity contribution is -0.151. The number of esters is 1. The molecule has 0 N–H and O–H groups in total. The Hall–Kier alpha value is -0.830. The van der Waals surface area contributed by atoms with Gasteiger partial charge in [0.1, 0.15) is 12.2 Å². The molecule has 0 amide bonds. The average Bonchev–Trinajstić information content (AvgIpc) is 2.28. The summed E-state index contributed by atoms with van der Waals surface area (Å²) in [5.41, 5.74) is 1.00. The number of carbonyl (C=O) groups excluding carboxylic acids is 1. The van der Waals surface area contributed by atoms with Gasteiger partial charge in [-0.25, -0.2) is 4.79 Å². The average molecular weight is 182 g/mol. The monoisotopic (exact) mass is 182 g/mol. The molecule has 3 nitrogen and oxygen atoms in total. The van der Waals surface area contributed by atoms with Crippen molar-refractivity contribution in [2.24, 2.45) is 0 Å². The fourth-order valence-corrected chi connectivity index (χ4v) is 1.91. The van der Waals surface area contributed by atoms with E-state index in [1.54, 1.807) is 0 Å². The molecule has 1 fully saturated rings. The van der Waals surface area contributed by atoms with E-state index >= 15 is 0 Å². The minimum atomic E-state index is -0.218. The van der Waals surface area contributed by atoms with E-state index in [1.807, 2.05) is 6.92 Å². The Morgan fingerprint density at radius 3 is 3.15 bits per heavy atom. The Labute approximate surface area is 77.7 Å². The lowest BCUT2D eigenvalue weighted by Crippen LogP contribution is -2.36. The highest BCUT2D eigenvalue weighted by Gasteiger charge is 2.32. The summed E-state index contributed by atoms with van der Waals surface area (Å²) in [7, 11) is 0. The van der Waals surface area contributed by atoms with Crippen LogP contribution in [0.5, 0.6) is 0 Å². The van der Waals surface area contributed by atoms with E-state index in [2.05, 4.69) is 0 Å². The molecule has 72 valence electrons. The van der Waals surface area contributed by atoms with Gasteiger partial charge < -0.3 is 9.47 Å². The van der Waals surface area contributed by atoms with Crippen LogP contribution in [-0.2, 0) is 14.3 Å². The molecule has 3 heteroatoms. The first-order valence-corrected chi connectivity index (χ1v) is 4.78. The summed E-state index contributed by atoms with van der Waals surface area (Å²) in [4.78, 5) is 11.1. The van der Waals surface area contributed by atoms with Crippen molar-refractivity contribution in [3.8, 4) is 0 Å². The summed E-state index contributed by atoms with van der Waals surface area (Å²) >= 11 is 0. The molecule has 13 heavy (non-hydrogen) atoms. The predicted octanol–water partition coefficient (Wildman–Crippen LogP) is 1.43. The van der Waals surface area contributed by atoms with Crippen molar-refractivity contribution in [1.29, 1.82) is 0 Å². The molecule has 2 aliphatic rings. The number of carbonyl (C=O) groups is 1. The highest BCUT2D eigenvalue weighted by atomic mass is 16.6. The minimum absolute atomic E-state index is 0.0141. The summed E-state index contributed by atoms with van der Waals surface area (Å²) in [5.74, 6) is -0.218. The van der Waals surface area contributed by atoms with Crippen LogP contribution in [0.4, 0.5) is 0 Å². The second kappa shape index (κ2) is 3.50. The zero-order valence-corrected chi connectivity index (χ0v) is 7.79. The van der Waals surface area contributed by atoms with Crippen molar-refractivity contribution in [1.82, 2.24) is 0 Å². The van der Waals surface area contributed by atoms with E-state index in [1.165, 1.54) is 6.08 Å². The Morgan fingerprint density at radius 1 is 1.46 bits per heavy atom. The molecule has 2 aliphatic heterocycles. The van der Waals surface area contributed by atoms with Crippen LogP contribution in [0.25, 0.3) is 0 Å². The number of hydrogen-bond acceptors (Lipinski definition) is 3. The van der Waals surface area contributed by atoms with Crippen LogP contribution >= 0.6 is 0 Å². The van der Waals surface area contributed by atoms with Gasteiger partial charge in [0.05, 0.1) is 0 Å². The zero-order chi connectivity index (χ0) is 9.26. The van der Waals surface area contributed by atoms with Crippen molar-refractivity contribution in [2.75, 3.05) is 6.61 Å². The van der Waals surface area contributed by atoms with Crippen LogP contribution in [0.3, 0.4) is 0 Å². The highest BCUT2D eigenvalue weighted by molar-refractivity contribution is 5.84. The molecule has 1 saturated heterocycles. The molecule has 0 aromatic rings. The number of rotatable bonds is 0. The summed E-state index contributed by atoms with van der Waals surface area (Å²) in [6, 6.07) is 0. The molecule has 0 unspecified atom stereocenters. The molecule has 2 rings (SSSR count). The first-order chi connectivity index (χ1) is 6.27. The van der Waals surface area contributed by atoms with E-state index in [4.69, 9.17) is 9.47 Å². The van der Waals surface area contributed by atoms with Gasteiger partial charge in [0.15, 0.2) is 0 Å². The van der Waals surface area contributed by atoms with Gasteiger partial charge in [0.25, 0.3) is 0 Å². The largest absolute Gasteiger partial charge is 0.456 e. The van der Waals surface area contributed by atoms with Crippen LogP contribution in [0, 0.1) is 0 Å².